The highest BCUT2D eigenvalue weighted by Crippen LogP contribution is 2.21. The number of amides is 2. The van der Waals surface area contributed by atoms with Crippen LogP contribution in [0.2, 0.25) is 0 Å². The van der Waals surface area contributed by atoms with Crippen LogP contribution in [0.5, 0.6) is 0 Å². The van der Waals surface area contributed by atoms with Crippen molar-refractivity contribution in [3.63, 3.8) is 0 Å². The van der Waals surface area contributed by atoms with Crippen LogP contribution in [0.3, 0.4) is 0 Å². The van der Waals surface area contributed by atoms with Crippen LogP contribution in [0.25, 0.3) is 0 Å². The zero-order valence-electron chi connectivity index (χ0n) is 13.1. The molecule has 3 heterocycles. The van der Waals surface area contributed by atoms with Crippen LogP contribution < -0.4 is 5.32 Å². The van der Waals surface area contributed by atoms with Crippen LogP contribution in [0.1, 0.15) is 28.6 Å². The molecule has 1 N–H and O–H groups in total. The Balaban J connectivity index is 1.63. The number of aromatic nitrogens is 2. The fourth-order valence-electron chi connectivity index (χ4n) is 2.70. The summed E-state index contributed by atoms with van der Waals surface area (Å²) in [6.45, 7) is 4.34. The maximum Gasteiger partial charge on any atom is 0.291 e. The number of rotatable bonds is 3. The third-order valence-electron chi connectivity index (χ3n) is 3.86. The molecule has 1 atom stereocenters. The van der Waals surface area contributed by atoms with Crippen molar-refractivity contribution in [1.82, 2.24) is 14.9 Å². The number of hydrogen-bond acceptors (Lipinski definition) is 5. The second-order valence-corrected chi connectivity index (χ2v) is 5.59. The van der Waals surface area contributed by atoms with E-state index in [9.17, 15) is 9.59 Å². The average Bonchev–Trinajstić information content (AvgIpc) is 3.14. The second-order valence-electron chi connectivity index (χ2n) is 5.59. The van der Waals surface area contributed by atoms with E-state index in [1.54, 1.807) is 37.1 Å². The van der Waals surface area contributed by atoms with Crippen molar-refractivity contribution in [3.8, 4) is 0 Å². The molecule has 0 bridgehead atoms. The highest BCUT2D eigenvalue weighted by Gasteiger charge is 2.33. The number of oxazole rings is 1. The first kappa shape index (κ1) is 15.2. The van der Waals surface area contributed by atoms with Gasteiger partial charge >= 0.3 is 0 Å². The Morgan fingerprint density at radius 2 is 2.17 bits per heavy atom. The fourth-order valence-corrected chi connectivity index (χ4v) is 2.70. The first-order chi connectivity index (χ1) is 11.0. The SMILES string of the molecule is Cc1nc(C)c(C(=O)N2CC[C@@H](C(=O)Nc3ccccn3)C2)o1. The van der Waals surface area contributed by atoms with Crippen molar-refractivity contribution in [2.45, 2.75) is 20.3 Å². The molecule has 1 fully saturated rings. The lowest BCUT2D eigenvalue weighted by molar-refractivity contribution is -0.119. The molecule has 1 saturated heterocycles. The van der Waals surface area contributed by atoms with Crippen molar-refractivity contribution in [2.24, 2.45) is 5.92 Å². The summed E-state index contributed by atoms with van der Waals surface area (Å²) in [6.07, 6.45) is 2.24. The number of anilines is 1. The van der Waals surface area contributed by atoms with Crippen molar-refractivity contribution < 1.29 is 14.0 Å². The summed E-state index contributed by atoms with van der Waals surface area (Å²) >= 11 is 0. The standard InChI is InChI=1S/C16H18N4O3/c1-10-14(23-11(2)18-10)16(22)20-8-6-12(9-20)15(21)19-13-5-3-4-7-17-13/h3-5,7,12H,6,8-9H2,1-2H3,(H,17,19,21)/t12-/m1/s1. The number of aryl methyl sites for hydroxylation is 2. The number of hydrogen-bond donors (Lipinski definition) is 1. The maximum atomic E-state index is 12.5. The van der Waals surface area contributed by atoms with Crippen molar-refractivity contribution >= 4 is 17.6 Å². The minimum Gasteiger partial charge on any atom is -0.436 e. The Kier molecular flexibility index (Phi) is 4.10. The van der Waals surface area contributed by atoms with Gasteiger partial charge in [0, 0.05) is 26.2 Å². The van der Waals surface area contributed by atoms with Gasteiger partial charge in [-0.1, -0.05) is 6.07 Å². The normalized spacial score (nSPS) is 17.3. The van der Waals surface area contributed by atoms with Crippen LogP contribution in [-0.4, -0.2) is 39.8 Å². The van der Waals surface area contributed by atoms with E-state index in [4.69, 9.17) is 4.42 Å². The Morgan fingerprint density at radius 1 is 1.35 bits per heavy atom. The average molecular weight is 314 g/mol. The Labute approximate surface area is 133 Å². The highest BCUT2D eigenvalue weighted by atomic mass is 16.4. The van der Waals surface area contributed by atoms with Crippen molar-refractivity contribution in [2.75, 3.05) is 18.4 Å². The van der Waals surface area contributed by atoms with Crippen LogP contribution in [0.15, 0.2) is 28.8 Å². The Hall–Kier alpha value is -2.70. The molecule has 0 spiro atoms. The zero-order chi connectivity index (χ0) is 16.4. The molecule has 7 nitrogen and oxygen atoms in total. The lowest BCUT2D eigenvalue weighted by Crippen LogP contribution is -2.31. The predicted octanol–water partition coefficient (Wildman–Crippen LogP) is 1.79. The van der Waals surface area contributed by atoms with Gasteiger partial charge in [-0.3, -0.25) is 9.59 Å². The van der Waals surface area contributed by atoms with Crippen LogP contribution >= 0.6 is 0 Å². The van der Waals surface area contributed by atoms with Crippen molar-refractivity contribution in [1.29, 1.82) is 0 Å². The summed E-state index contributed by atoms with van der Waals surface area (Å²) in [5.74, 6) is 0.665. The summed E-state index contributed by atoms with van der Waals surface area (Å²) in [4.78, 5) is 34.5. The van der Waals surface area contributed by atoms with E-state index in [1.165, 1.54) is 0 Å². The molecule has 2 aromatic heterocycles. The topological polar surface area (TPSA) is 88.3 Å². The van der Waals surface area contributed by atoms with Gasteiger partial charge in [0.2, 0.25) is 11.7 Å². The first-order valence-corrected chi connectivity index (χ1v) is 7.50. The number of carbonyl (C=O) groups is 2. The lowest BCUT2D eigenvalue weighted by Gasteiger charge is -2.15. The Morgan fingerprint density at radius 3 is 2.83 bits per heavy atom. The molecular formula is C16H18N4O3. The van der Waals surface area contributed by atoms with Gasteiger partial charge in [0.15, 0.2) is 5.89 Å². The fraction of sp³-hybridized carbons (Fsp3) is 0.375. The zero-order valence-corrected chi connectivity index (χ0v) is 13.1. The van der Waals surface area contributed by atoms with E-state index >= 15 is 0 Å². The molecule has 2 aromatic rings. The van der Waals surface area contributed by atoms with Crippen molar-refractivity contribution in [3.05, 3.63) is 41.7 Å². The molecule has 1 aliphatic rings. The summed E-state index contributed by atoms with van der Waals surface area (Å²) < 4.78 is 5.37. The second kappa shape index (κ2) is 6.20. The maximum absolute atomic E-state index is 12.5. The van der Waals surface area contributed by atoms with Gasteiger partial charge in [-0.15, -0.1) is 0 Å². The third kappa shape index (κ3) is 3.23. The molecule has 0 saturated carbocycles. The van der Waals surface area contributed by atoms with E-state index in [0.29, 0.717) is 36.9 Å². The molecule has 0 unspecified atom stereocenters. The van der Waals surface area contributed by atoms with Crippen LogP contribution in [-0.2, 0) is 4.79 Å². The molecule has 120 valence electrons. The molecule has 1 aliphatic heterocycles. The van der Waals surface area contributed by atoms with Gasteiger partial charge in [0.25, 0.3) is 5.91 Å². The van der Waals surface area contributed by atoms with Crippen LogP contribution in [0.4, 0.5) is 5.82 Å². The van der Waals surface area contributed by atoms with E-state index in [0.717, 1.165) is 0 Å². The molecule has 0 aromatic carbocycles. The van der Waals surface area contributed by atoms with Gasteiger partial charge in [-0.05, 0) is 25.5 Å². The predicted molar refractivity (Wildman–Crippen MR) is 82.9 cm³/mol. The Bertz CT molecular complexity index is 726. The molecule has 3 rings (SSSR count). The smallest absolute Gasteiger partial charge is 0.291 e. The third-order valence-corrected chi connectivity index (χ3v) is 3.86. The minimum atomic E-state index is -0.245. The molecule has 0 radical (unpaired) electrons. The molecule has 2 amide bonds. The van der Waals surface area contributed by atoms with Gasteiger partial charge in [-0.25, -0.2) is 9.97 Å². The lowest BCUT2D eigenvalue weighted by atomic mass is 10.1. The molecule has 23 heavy (non-hydrogen) atoms. The number of nitrogens with one attached hydrogen (secondary N) is 1. The molecule has 7 heteroatoms. The number of carbonyl (C=O) groups excluding carboxylic acids is 2. The van der Waals surface area contributed by atoms with Gasteiger partial charge < -0.3 is 14.6 Å². The number of pyridine rings is 1. The largest absolute Gasteiger partial charge is 0.436 e. The quantitative estimate of drug-likeness (QED) is 0.933. The summed E-state index contributed by atoms with van der Waals surface area (Å²) in [6, 6.07) is 5.33. The van der Waals surface area contributed by atoms with E-state index in [2.05, 4.69) is 15.3 Å². The highest BCUT2D eigenvalue weighted by molar-refractivity contribution is 5.95. The van der Waals surface area contributed by atoms with E-state index < -0.39 is 0 Å². The molecular weight excluding hydrogens is 296 g/mol. The van der Waals surface area contributed by atoms with Gasteiger partial charge in [0.05, 0.1) is 11.6 Å². The van der Waals surface area contributed by atoms with Crippen LogP contribution in [0, 0.1) is 19.8 Å². The monoisotopic (exact) mass is 314 g/mol. The van der Waals surface area contributed by atoms with Gasteiger partial charge in [0.1, 0.15) is 5.82 Å². The summed E-state index contributed by atoms with van der Waals surface area (Å²) in [5, 5.41) is 2.77. The summed E-state index contributed by atoms with van der Waals surface area (Å²) in [7, 11) is 0. The van der Waals surface area contributed by atoms with E-state index in [1.807, 2.05) is 6.07 Å². The van der Waals surface area contributed by atoms with E-state index in [-0.39, 0.29) is 23.5 Å². The van der Waals surface area contributed by atoms with Gasteiger partial charge in [-0.2, -0.15) is 0 Å². The minimum absolute atomic E-state index is 0.121. The number of likely N-dealkylation sites (tertiary alicyclic amines) is 1. The molecule has 0 aliphatic carbocycles. The number of nitrogens with zero attached hydrogens (tertiary/aromatic N) is 3. The first-order valence-electron chi connectivity index (χ1n) is 7.50. The summed E-state index contributed by atoms with van der Waals surface area (Å²) in [5.41, 5.74) is 0.578.